The van der Waals surface area contributed by atoms with Gasteiger partial charge in [0.15, 0.2) is 0 Å². The van der Waals surface area contributed by atoms with Gasteiger partial charge < -0.3 is 0 Å². The van der Waals surface area contributed by atoms with Crippen molar-refractivity contribution < 1.29 is 4.79 Å². The predicted molar refractivity (Wildman–Crippen MR) is 90.8 cm³/mol. The first-order chi connectivity index (χ1) is 11.8. The van der Waals surface area contributed by atoms with Crippen LogP contribution in [0.15, 0.2) is 48.5 Å². The van der Waals surface area contributed by atoms with Gasteiger partial charge in [-0.05, 0) is 34.5 Å². The molecule has 2 aromatic carbocycles. The standard InChI is InChI=1S/C19H13N3OS/c23-18-16-14-11-7-3-1-5-9(11)13(10-6-2-4-8-12(10)14)15(16)17-20-19(24)21-22(17)18/h1-8,13-16H,(H,21,24)/t13?,14?,15-,16?/m0/s1. The number of fused-ring (bicyclic) bond motifs is 1. The molecule has 3 aromatic rings. The number of aromatic amines is 1. The van der Waals surface area contributed by atoms with Gasteiger partial charge in [-0.3, -0.25) is 9.89 Å². The molecule has 0 radical (unpaired) electrons. The first-order valence-corrected chi connectivity index (χ1v) is 8.57. The maximum Gasteiger partial charge on any atom is 0.251 e. The minimum atomic E-state index is -0.0888. The number of hydrogen-bond acceptors (Lipinski definition) is 3. The summed E-state index contributed by atoms with van der Waals surface area (Å²) in [4.78, 5) is 17.6. The molecule has 4 nitrogen and oxygen atoms in total. The Kier molecular flexibility index (Phi) is 2.20. The Morgan fingerprint density at radius 2 is 1.38 bits per heavy atom. The van der Waals surface area contributed by atoms with Crippen LogP contribution in [0.25, 0.3) is 0 Å². The third-order valence-corrected chi connectivity index (χ3v) is 6.08. The number of nitrogens with zero attached hydrogens (tertiary/aromatic N) is 2. The lowest BCUT2D eigenvalue weighted by atomic mass is 9.55. The average molecular weight is 331 g/mol. The second-order valence-electron chi connectivity index (χ2n) is 6.83. The van der Waals surface area contributed by atoms with Crippen LogP contribution in [0.5, 0.6) is 0 Å². The molecule has 1 aliphatic heterocycles. The maximum atomic E-state index is 13.1. The molecule has 0 amide bonds. The summed E-state index contributed by atoms with van der Waals surface area (Å²) in [5.41, 5.74) is 5.25. The molecule has 1 unspecified atom stereocenters. The van der Waals surface area contributed by atoms with E-state index in [9.17, 15) is 4.79 Å². The highest BCUT2D eigenvalue weighted by Gasteiger charge is 2.58. The molecule has 3 aliphatic carbocycles. The minimum Gasteiger partial charge on any atom is -0.272 e. The summed E-state index contributed by atoms with van der Waals surface area (Å²) < 4.78 is 1.98. The molecule has 0 saturated heterocycles. The highest BCUT2D eigenvalue weighted by Crippen LogP contribution is 2.63. The van der Waals surface area contributed by atoms with Crippen LogP contribution in [0.2, 0.25) is 0 Å². The van der Waals surface area contributed by atoms with E-state index in [0.717, 1.165) is 5.82 Å². The van der Waals surface area contributed by atoms with Crippen molar-refractivity contribution in [1.29, 1.82) is 0 Å². The largest absolute Gasteiger partial charge is 0.272 e. The number of benzene rings is 2. The van der Waals surface area contributed by atoms with E-state index in [4.69, 9.17) is 12.2 Å². The molecule has 0 spiro atoms. The van der Waals surface area contributed by atoms with Crippen LogP contribution >= 0.6 is 12.2 Å². The second-order valence-corrected chi connectivity index (χ2v) is 7.21. The second kappa shape index (κ2) is 4.11. The van der Waals surface area contributed by atoms with Crippen molar-refractivity contribution in [3.63, 3.8) is 0 Å². The van der Waals surface area contributed by atoms with Crippen molar-refractivity contribution in [2.24, 2.45) is 5.92 Å². The lowest BCUT2D eigenvalue weighted by Gasteiger charge is -2.46. The van der Waals surface area contributed by atoms with Gasteiger partial charge in [0.25, 0.3) is 5.91 Å². The highest BCUT2D eigenvalue weighted by atomic mass is 32.1. The Bertz CT molecular complexity index is 1050. The first-order valence-electron chi connectivity index (χ1n) is 8.16. The van der Waals surface area contributed by atoms with E-state index < -0.39 is 0 Å². The normalized spacial score (nSPS) is 28.2. The number of carbonyl (C=O) groups excluding carboxylic acids is 1. The molecule has 2 bridgehead atoms. The Labute approximate surface area is 143 Å². The fourth-order valence-electron chi connectivity index (χ4n) is 5.16. The molecule has 2 atom stereocenters. The zero-order valence-electron chi connectivity index (χ0n) is 12.6. The monoisotopic (exact) mass is 331 g/mol. The summed E-state index contributed by atoms with van der Waals surface area (Å²) >= 11 is 5.17. The van der Waals surface area contributed by atoms with Crippen LogP contribution in [0.3, 0.4) is 0 Å². The summed E-state index contributed by atoms with van der Waals surface area (Å²) in [6, 6.07) is 17.1. The van der Waals surface area contributed by atoms with E-state index in [1.807, 2.05) is 0 Å². The Morgan fingerprint density at radius 3 is 1.92 bits per heavy atom. The van der Waals surface area contributed by atoms with Crippen molar-refractivity contribution in [1.82, 2.24) is 14.8 Å². The van der Waals surface area contributed by atoms with Gasteiger partial charge in [0.1, 0.15) is 5.82 Å². The van der Waals surface area contributed by atoms with Gasteiger partial charge in [0.2, 0.25) is 4.77 Å². The van der Waals surface area contributed by atoms with E-state index >= 15 is 0 Å². The fourth-order valence-corrected chi connectivity index (χ4v) is 5.34. The van der Waals surface area contributed by atoms with Gasteiger partial charge in [-0.25, -0.2) is 9.67 Å². The van der Waals surface area contributed by atoms with Gasteiger partial charge >= 0.3 is 0 Å². The van der Waals surface area contributed by atoms with E-state index in [2.05, 4.69) is 58.6 Å². The molecule has 7 rings (SSSR count). The van der Waals surface area contributed by atoms with Crippen LogP contribution < -0.4 is 0 Å². The lowest BCUT2D eigenvalue weighted by molar-refractivity contribution is 0.0810. The van der Waals surface area contributed by atoms with Crippen LogP contribution in [0.4, 0.5) is 0 Å². The summed E-state index contributed by atoms with van der Waals surface area (Å²) in [6.45, 7) is 0. The number of rotatable bonds is 0. The zero-order chi connectivity index (χ0) is 16.0. The minimum absolute atomic E-state index is 0.0697. The van der Waals surface area contributed by atoms with Crippen molar-refractivity contribution in [3.8, 4) is 0 Å². The molecule has 1 N–H and O–H groups in total. The van der Waals surface area contributed by atoms with E-state index in [-0.39, 0.29) is 29.6 Å². The molecule has 116 valence electrons. The Balaban J connectivity index is 1.73. The van der Waals surface area contributed by atoms with Crippen LogP contribution in [-0.4, -0.2) is 20.7 Å². The third-order valence-electron chi connectivity index (χ3n) is 5.89. The average Bonchev–Trinajstić information content (AvgIpc) is 3.12. The molecule has 4 aliphatic rings. The van der Waals surface area contributed by atoms with E-state index in [1.54, 1.807) is 4.68 Å². The lowest BCUT2D eigenvalue weighted by Crippen LogP contribution is -2.39. The molecular formula is C19H13N3OS. The topological polar surface area (TPSA) is 50.7 Å². The maximum absolute atomic E-state index is 13.1. The molecule has 0 fully saturated rings. The van der Waals surface area contributed by atoms with Crippen LogP contribution in [-0.2, 0) is 0 Å². The molecule has 1 aromatic heterocycles. The number of nitrogens with one attached hydrogen (secondary N) is 1. The van der Waals surface area contributed by atoms with Gasteiger partial charge in [-0.15, -0.1) is 0 Å². The van der Waals surface area contributed by atoms with E-state index in [0.29, 0.717) is 4.77 Å². The van der Waals surface area contributed by atoms with Gasteiger partial charge in [-0.1, -0.05) is 48.5 Å². The first kappa shape index (κ1) is 12.8. The molecule has 24 heavy (non-hydrogen) atoms. The fraction of sp³-hybridized carbons (Fsp3) is 0.211. The van der Waals surface area contributed by atoms with Crippen molar-refractivity contribution >= 4 is 18.1 Å². The molecule has 5 heteroatoms. The van der Waals surface area contributed by atoms with Gasteiger partial charge in [-0.2, -0.15) is 0 Å². The van der Waals surface area contributed by atoms with E-state index in [1.165, 1.54) is 22.3 Å². The molecule has 2 heterocycles. The van der Waals surface area contributed by atoms with Crippen LogP contribution in [0, 0.1) is 10.7 Å². The van der Waals surface area contributed by atoms with Crippen LogP contribution in [0.1, 0.15) is 50.6 Å². The van der Waals surface area contributed by atoms with Gasteiger partial charge in [0, 0.05) is 17.8 Å². The predicted octanol–water partition coefficient (Wildman–Crippen LogP) is 3.59. The highest BCUT2D eigenvalue weighted by molar-refractivity contribution is 7.71. The molecule has 0 saturated carbocycles. The third kappa shape index (κ3) is 1.30. The Morgan fingerprint density at radius 1 is 0.875 bits per heavy atom. The number of carbonyl (C=O) groups is 1. The summed E-state index contributed by atoms with van der Waals surface area (Å²) in [5.74, 6) is 1.15. The van der Waals surface area contributed by atoms with Gasteiger partial charge in [0.05, 0.1) is 5.92 Å². The number of H-pyrrole nitrogens is 1. The molecular weight excluding hydrogens is 318 g/mol. The smallest absolute Gasteiger partial charge is 0.251 e. The van der Waals surface area contributed by atoms with Crippen molar-refractivity contribution in [3.05, 3.63) is 81.4 Å². The number of aromatic nitrogens is 3. The summed E-state index contributed by atoms with van der Waals surface area (Å²) in [5, 5.41) is 2.96. The Hall–Kier alpha value is -2.53. The van der Waals surface area contributed by atoms with Crippen molar-refractivity contribution in [2.45, 2.75) is 17.8 Å². The zero-order valence-corrected chi connectivity index (χ0v) is 13.5. The number of hydrogen-bond donors (Lipinski definition) is 1. The quantitative estimate of drug-likeness (QED) is 0.641. The SMILES string of the molecule is O=C1C2C3c4ccccc4C(c4ccccc43)[C@@H]2c2nc(=S)[nH]n21. The van der Waals surface area contributed by atoms with Crippen molar-refractivity contribution in [2.75, 3.05) is 0 Å². The summed E-state index contributed by atoms with van der Waals surface area (Å²) in [6.07, 6.45) is 0. The summed E-state index contributed by atoms with van der Waals surface area (Å²) in [7, 11) is 0.